The molecule has 19 heavy (non-hydrogen) atoms. The van der Waals surface area contributed by atoms with Gasteiger partial charge in [-0.2, -0.15) is 0 Å². The molecule has 0 bridgehead atoms. The number of likely N-dealkylation sites (N-methyl/N-ethyl adjacent to an activating group) is 1. The summed E-state index contributed by atoms with van der Waals surface area (Å²) in [7, 11) is 1.43. The normalized spacial score (nSPS) is 25.3. The van der Waals surface area contributed by atoms with Gasteiger partial charge in [-0.25, -0.2) is 0 Å². The van der Waals surface area contributed by atoms with Crippen molar-refractivity contribution in [2.75, 3.05) is 33.4 Å². The summed E-state index contributed by atoms with van der Waals surface area (Å²) in [5.41, 5.74) is 0. The lowest BCUT2D eigenvalue weighted by molar-refractivity contribution is -0.163. The van der Waals surface area contributed by atoms with Gasteiger partial charge in [-0.3, -0.25) is 4.79 Å². The molecule has 2 aliphatic rings. The molecule has 0 N–H and O–H groups in total. The smallest absolute Gasteiger partial charge is 0.306 e. The van der Waals surface area contributed by atoms with Gasteiger partial charge >= 0.3 is 5.97 Å². The minimum Gasteiger partial charge on any atom is -0.469 e. The molecule has 0 radical (unpaired) electrons. The number of rotatable bonds is 6. The van der Waals surface area contributed by atoms with Gasteiger partial charge in [-0.05, 0) is 19.4 Å². The summed E-state index contributed by atoms with van der Waals surface area (Å²) < 4.78 is 16.6. The van der Waals surface area contributed by atoms with E-state index < -0.39 is 0 Å². The fourth-order valence-electron chi connectivity index (χ4n) is 2.90. The molecule has 1 aliphatic heterocycles. The number of carbonyl (C=O) groups is 1. The van der Waals surface area contributed by atoms with Crippen LogP contribution in [0.25, 0.3) is 0 Å². The maximum atomic E-state index is 11.2. The third-order valence-corrected chi connectivity index (χ3v) is 4.05. The molecule has 110 valence electrons. The average Bonchev–Trinajstić information content (AvgIpc) is 3.05. The van der Waals surface area contributed by atoms with Crippen LogP contribution >= 0.6 is 0 Å². The van der Waals surface area contributed by atoms with E-state index in [2.05, 4.69) is 16.6 Å². The first-order valence-electron chi connectivity index (χ1n) is 7.28. The van der Waals surface area contributed by atoms with E-state index in [0.717, 1.165) is 32.5 Å². The SMILES string of the molecule is CCN(CCC(=O)OC)CC1COC2(CCCC2)O1. The van der Waals surface area contributed by atoms with Gasteiger partial charge in [0, 0.05) is 25.9 Å². The summed E-state index contributed by atoms with van der Waals surface area (Å²) in [6.45, 7) is 5.22. The second-order valence-electron chi connectivity index (χ2n) is 5.39. The van der Waals surface area contributed by atoms with Gasteiger partial charge in [-0.1, -0.05) is 6.92 Å². The zero-order chi connectivity index (χ0) is 13.7. The number of nitrogens with zero attached hydrogens (tertiary/aromatic N) is 1. The Hall–Kier alpha value is -0.650. The molecule has 1 saturated heterocycles. The Morgan fingerprint density at radius 3 is 2.79 bits per heavy atom. The summed E-state index contributed by atoms with van der Waals surface area (Å²) in [5.74, 6) is -0.443. The molecule has 2 fully saturated rings. The lowest BCUT2D eigenvalue weighted by atomic mass is 10.2. The number of hydrogen-bond donors (Lipinski definition) is 0. The molecule has 0 aromatic heterocycles. The van der Waals surface area contributed by atoms with Crippen molar-refractivity contribution in [3.05, 3.63) is 0 Å². The Morgan fingerprint density at radius 2 is 2.16 bits per heavy atom. The van der Waals surface area contributed by atoms with Crippen LogP contribution in [0.5, 0.6) is 0 Å². The summed E-state index contributed by atoms with van der Waals surface area (Å²) in [6, 6.07) is 0. The second-order valence-corrected chi connectivity index (χ2v) is 5.39. The number of esters is 1. The van der Waals surface area contributed by atoms with Crippen LogP contribution in [0.3, 0.4) is 0 Å². The van der Waals surface area contributed by atoms with Crippen molar-refractivity contribution in [3.63, 3.8) is 0 Å². The Bertz CT molecular complexity index is 302. The summed E-state index contributed by atoms with van der Waals surface area (Å²) in [6.07, 6.45) is 5.02. The van der Waals surface area contributed by atoms with E-state index >= 15 is 0 Å². The molecule has 2 rings (SSSR count). The topological polar surface area (TPSA) is 48.0 Å². The monoisotopic (exact) mass is 271 g/mol. The Kier molecular flexibility index (Phi) is 5.19. The Labute approximate surface area is 115 Å². The maximum absolute atomic E-state index is 11.2. The zero-order valence-electron chi connectivity index (χ0n) is 12.0. The van der Waals surface area contributed by atoms with E-state index in [-0.39, 0.29) is 17.9 Å². The largest absolute Gasteiger partial charge is 0.469 e. The van der Waals surface area contributed by atoms with Crippen molar-refractivity contribution in [3.8, 4) is 0 Å². The average molecular weight is 271 g/mol. The molecule has 1 spiro atoms. The van der Waals surface area contributed by atoms with Gasteiger partial charge in [0.2, 0.25) is 0 Å². The van der Waals surface area contributed by atoms with Gasteiger partial charge in [0.05, 0.1) is 26.2 Å². The minimum atomic E-state index is -0.285. The van der Waals surface area contributed by atoms with Crippen LogP contribution in [0.1, 0.15) is 39.0 Å². The quantitative estimate of drug-likeness (QED) is 0.686. The summed E-state index contributed by atoms with van der Waals surface area (Å²) in [4.78, 5) is 13.4. The first kappa shape index (κ1) is 14.8. The Morgan fingerprint density at radius 1 is 1.42 bits per heavy atom. The molecule has 0 amide bonds. The fraction of sp³-hybridized carbons (Fsp3) is 0.929. The van der Waals surface area contributed by atoms with Crippen LogP contribution in [0, 0.1) is 0 Å². The lowest BCUT2D eigenvalue weighted by Crippen LogP contribution is -2.36. The highest BCUT2D eigenvalue weighted by atomic mass is 16.7. The molecule has 1 heterocycles. The molecule has 5 heteroatoms. The van der Waals surface area contributed by atoms with Crippen molar-refractivity contribution in [1.82, 2.24) is 4.90 Å². The molecule has 0 aromatic carbocycles. The van der Waals surface area contributed by atoms with Crippen LogP contribution in [-0.4, -0.2) is 56.1 Å². The molecule has 1 aliphatic carbocycles. The number of ether oxygens (including phenoxy) is 3. The first-order valence-corrected chi connectivity index (χ1v) is 7.28. The van der Waals surface area contributed by atoms with Crippen molar-refractivity contribution in [2.24, 2.45) is 0 Å². The predicted octanol–water partition coefficient (Wildman–Crippen LogP) is 1.56. The number of hydrogen-bond acceptors (Lipinski definition) is 5. The highest BCUT2D eigenvalue weighted by Gasteiger charge is 2.43. The number of carbonyl (C=O) groups excluding carboxylic acids is 1. The molecule has 1 unspecified atom stereocenters. The second kappa shape index (κ2) is 6.68. The van der Waals surface area contributed by atoms with E-state index in [1.807, 2.05) is 0 Å². The van der Waals surface area contributed by atoms with Crippen molar-refractivity contribution in [2.45, 2.75) is 50.9 Å². The van der Waals surface area contributed by atoms with E-state index in [9.17, 15) is 4.79 Å². The van der Waals surface area contributed by atoms with Crippen LogP contribution in [0.2, 0.25) is 0 Å². The van der Waals surface area contributed by atoms with Crippen LogP contribution in [-0.2, 0) is 19.0 Å². The molecular formula is C14H25NO4. The molecule has 1 saturated carbocycles. The van der Waals surface area contributed by atoms with Gasteiger partial charge in [0.15, 0.2) is 5.79 Å². The first-order chi connectivity index (χ1) is 9.17. The minimum absolute atomic E-state index is 0.135. The Balaban J connectivity index is 1.74. The van der Waals surface area contributed by atoms with Gasteiger partial charge < -0.3 is 19.1 Å². The third-order valence-electron chi connectivity index (χ3n) is 4.05. The predicted molar refractivity (Wildman–Crippen MR) is 70.8 cm³/mol. The van der Waals surface area contributed by atoms with E-state index in [1.165, 1.54) is 20.0 Å². The lowest BCUT2D eigenvalue weighted by Gasteiger charge is -2.25. The van der Waals surface area contributed by atoms with E-state index in [1.54, 1.807) is 0 Å². The molecule has 5 nitrogen and oxygen atoms in total. The highest BCUT2D eigenvalue weighted by Crippen LogP contribution is 2.39. The van der Waals surface area contributed by atoms with E-state index in [4.69, 9.17) is 9.47 Å². The van der Waals surface area contributed by atoms with Gasteiger partial charge in [0.25, 0.3) is 0 Å². The fourth-order valence-corrected chi connectivity index (χ4v) is 2.90. The van der Waals surface area contributed by atoms with Crippen molar-refractivity contribution in [1.29, 1.82) is 0 Å². The van der Waals surface area contributed by atoms with Gasteiger partial charge in [0.1, 0.15) is 0 Å². The molecule has 0 aromatic rings. The molecule has 1 atom stereocenters. The van der Waals surface area contributed by atoms with Crippen LogP contribution in [0.4, 0.5) is 0 Å². The molecular weight excluding hydrogens is 246 g/mol. The standard InChI is InChI=1S/C14H25NO4/c1-3-15(9-6-13(16)17-2)10-12-11-18-14(19-12)7-4-5-8-14/h12H,3-11H2,1-2H3. The maximum Gasteiger partial charge on any atom is 0.306 e. The van der Waals surface area contributed by atoms with E-state index in [0.29, 0.717) is 13.0 Å². The third kappa shape index (κ3) is 3.91. The van der Waals surface area contributed by atoms with Gasteiger partial charge in [-0.15, -0.1) is 0 Å². The van der Waals surface area contributed by atoms with Crippen molar-refractivity contribution < 1.29 is 19.0 Å². The van der Waals surface area contributed by atoms with Crippen LogP contribution < -0.4 is 0 Å². The summed E-state index contributed by atoms with van der Waals surface area (Å²) in [5, 5.41) is 0. The zero-order valence-corrected chi connectivity index (χ0v) is 12.0. The summed E-state index contributed by atoms with van der Waals surface area (Å²) >= 11 is 0. The number of methoxy groups -OCH3 is 1. The van der Waals surface area contributed by atoms with Crippen LogP contribution in [0.15, 0.2) is 0 Å². The highest BCUT2D eigenvalue weighted by molar-refractivity contribution is 5.69. The van der Waals surface area contributed by atoms with Crippen molar-refractivity contribution >= 4 is 5.97 Å².